The number of hydrogen-bond donors (Lipinski definition) is 3. The number of nitrogens with one attached hydrogen (secondary N) is 3. The van der Waals surface area contributed by atoms with Crippen molar-refractivity contribution >= 4 is 17.5 Å². The van der Waals surface area contributed by atoms with Crippen LogP contribution in [0, 0.1) is 5.92 Å². The summed E-state index contributed by atoms with van der Waals surface area (Å²) in [7, 11) is 1.52. The van der Waals surface area contributed by atoms with E-state index in [9.17, 15) is 22.8 Å². The summed E-state index contributed by atoms with van der Waals surface area (Å²) in [6.45, 7) is 2.46. The third kappa shape index (κ3) is 10.8. The van der Waals surface area contributed by atoms with E-state index < -0.39 is 12.4 Å². The number of ether oxygens (including phenoxy) is 2. The van der Waals surface area contributed by atoms with Crippen LogP contribution in [0.2, 0.25) is 0 Å². The maximum Gasteiger partial charge on any atom is 0.573 e. The number of carbonyl (C=O) groups is 2. The normalized spacial score (nSPS) is 16.5. The minimum Gasteiger partial charge on any atom is -0.406 e. The third-order valence-electron chi connectivity index (χ3n) is 5.57. The van der Waals surface area contributed by atoms with Gasteiger partial charge in [-0.25, -0.2) is 0 Å². The molecule has 0 bridgehead atoms. The van der Waals surface area contributed by atoms with Crippen molar-refractivity contribution < 1.29 is 32.2 Å². The summed E-state index contributed by atoms with van der Waals surface area (Å²) in [5, 5.41) is 8.84. The lowest BCUT2D eigenvalue weighted by Crippen LogP contribution is -2.51. The van der Waals surface area contributed by atoms with Crippen molar-refractivity contribution in [3.63, 3.8) is 0 Å². The zero-order chi connectivity index (χ0) is 24.3. The number of rotatable bonds is 12. The van der Waals surface area contributed by atoms with Crippen molar-refractivity contribution in [2.75, 3.05) is 25.6 Å². The Kier molecular flexibility index (Phi) is 10.8. The van der Waals surface area contributed by atoms with E-state index in [-0.39, 0.29) is 36.6 Å². The molecule has 1 aromatic rings. The van der Waals surface area contributed by atoms with E-state index in [1.54, 1.807) is 0 Å². The van der Waals surface area contributed by atoms with Crippen LogP contribution in [0.15, 0.2) is 24.3 Å². The van der Waals surface area contributed by atoms with Crippen molar-refractivity contribution in [3.05, 3.63) is 24.3 Å². The van der Waals surface area contributed by atoms with Gasteiger partial charge in [-0.15, -0.1) is 13.2 Å². The fraction of sp³-hybridized carbons (Fsp3) is 0.652. The molecule has 0 aliphatic heterocycles. The lowest BCUT2D eigenvalue weighted by Gasteiger charge is -2.27. The lowest BCUT2D eigenvalue weighted by atomic mass is 9.84. The predicted octanol–water partition coefficient (Wildman–Crippen LogP) is 3.99. The van der Waals surface area contributed by atoms with E-state index in [2.05, 4.69) is 20.7 Å². The molecule has 1 aliphatic carbocycles. The maximum atomic E-state index is 12.9. The molecule has 1 saturated carbocycles. The van der Waals surface area contributed by atoms with Crippen LogP contribution in [0.25, 0.3) is 0 Å². The Morgan fingerprint density at radius 3 is 2.36 bits per heavy atom. The number of anilines is 1. The zero-order valence-electron chi connectivity index (χ0n) is 19.2. The van der Waals surface area contributed by atoms with Gasteiger partial charge in [-0.3, -0.25) is 9.59 Å². The standard InChI is InChI=1S/C23H34F3N3O4/c1-16(15-27-18-8-10-19(11-9-18)33-23(24,25)26)28-22(31)20(29-21(30)12-13-32-2)14-17-6-4-3-5-7-17/h8-11,16-17,20,27H,3-7,12-15H2,1-2H3,(H,28,31)(H,29,30). The fourth-order valence-corrected chi connectivity index (χ4v) is 3.89. The Bertz CT molecular complexity index is 737. The van der Waals surface area contributed by atoms with Crippen LogP contribution in [0.1, 0.15) is 51.9 Å². The maximum absolute atomic E-state index is 12.9. The van der Waals surface area contributed by atoms with E-state index in [0.717, 1.165) is 25.7 Å². The summed E-state index contributed by atoms with van der Waals surface area (Å²) in [5.74, 6) is -0.360. The van der Waals surface area contributed by atoms with Crippen molar-refractivity contribution in [1.82, 2.24) is 10.6 Å². The number of hydrogen-bond acceptors (Lipinski definition) is 5. The minimum absolute atomic E-state index is 0.191. The largest absolute Gasteiger partial charge is 0.573 e. The number of alkyl halides is 3. The average molecular weight is 474 g/mol. The number of methoxy groups -OCH3 is 1. The monoisotopic (exact) mass is 473 g/mol. The van der Waals surface area contributed by atoms with E-state index in [0.29, 0.717) is 24.6 Å². The first kappa shape index (κ1) is 26.8. The van der Waals surface area contributed by atoms with Crippen molar-refractivity contribution in [3.8, 4) is 5.75 Å². The molecule has 186 valence electrons. The first-order chi connectivity index (χ1) is 15.7. The third-order valence-corrected chi connectivity index (χ3v) is 5.57. The molecule has 3 N–H and O–H groups in total. The Morgan fingerprint density at radius 2 is 1.76 bits per heavy atom. The number of carbonyl (C=O) groups excluding carboxylic acids is 2. The van der Waals surface area contributed by atoms with Gasteiger partial charge in [0.2, 0.25) is 11.8 Å². The second-order valence-electron chi connectivity index (χ2n) is 8.47. The fourth-order valence-electron chi connectivity index (χ4n) is 3.89. The van der Waals surface area contributed by atoms with E-state index in [1.165, 1.54) is 37.8 Å². The van der Waals surface area contributed by atoms with Gasteiger partial charge in [0.25, 0.3) is 0 Å². The molecular weight excluding hydrogens is 439 g/mol. The van der Waals surface area contributed by atoms with E-state index >= 15 is 0 Å². The quantitative estimate of drug-likeness (QED) is 0.427. The van der Waals surface area contributed by atoms with Gasteiger partial charge in [-0.1, -0.05) is 32.1 Å². The van der Waals surface area contributed by atoms with Gasteiger partial charge in [-0.05, 0) is 43.5 Å². The SMILES string of the molecule is COCCC(=O)NC(CC1CCCCC1)C(=O)NC(C)CNc1ccc(OC(F)(F)F)cc1. The van der Waals surface area contributed by atoms with Crippen LogP contribution in [-0.2, 0) is 14.3 Å². The Balaban J connectivity index is 1.86. The molecule has 2 rings (SSSR count). The van der Waals surface area contributed by atoms with Gasteiger partial charge in [0, 0.05) is 31.8 Å². The van der Waals surface area contributed by atoms with Gasteiger partial charge in [-0.2, -0.15) is 0 Å². The molecule has 0 aromatic heterocycles. The van der Waals surface area contributed by atoms with Crippen molar-refractivity contribution in [2.24, 2.45) is 5.92 Å². The molecule has 10 heteroatoms. The first-order valence-corrected chi connectivity index (χ1v) is 11.3. The van der Waals surface area contributed by atoms with Gasteiger partial charge in [0.15, 0.2) is 0 Å². The molecule has 33 heavy (non-hydrogen) atoms. The Morgan fingerprint density at radius 1 is 1.09 bits per heavy atom. The molecule has 1 aromatic carbocycles. The van der Waals surface area contributed by atoms with E-state index in [1.807, 2.05) is 6.92 Å². The summed E-state index contributed by atoms with van der Waals surface area (Å²) in [6.07, 6.45) is 1.67. The Hall–Kier alpha value is -2.49. The van der Waals surface area contributed by atoms with Gasteiger partial charge in [0.05, 0.1) is 6.61 Å². The highest BCUT2D eigenvalue weighted by Gasteiger charge is 2.31. The topological polar surface area (TPSA) is 88.7 Å². The summed E-state index contributed by atoms with van der Waals surface area (Å²) < 4.78 is 45.6. The molecule has 0 saturated heterocycles. The molecule has 2 atom stereocenters. The van der Waals surface area contributed by atoms with Gasteiger partial charge in [0.1, 0.15) is 11.8 Å². The Labute approximate surface area is 192 Å². The molecule has 1 fully saturated rings. The number of halogens is 3. The molecular formula is C23H34F3N3O4. The van der Waals surface area contributed by atoms with Gasteiger partial charge < -0.3 is 25.4 Å². The molecule has 1 aliphatic rings. The second-order valence-corrected chi connectivity index (χ2v) is 8.47. The van der Waals surface area contributed by atoms with Crippen LogP contribution < -0.4 is 20.7 Å². The summed E-state index contributed by atoms with van der Waals surface area (Å²) in [4.78, 5) is 25.1. The van der Waals surface area contributed by atoms with Gasteiger partial charge >= 0.3 is 6.36 Å². The minimum atomic E-state index is -4.74. The highest BCUT2D eigenvalue weighted by Crippen LogP contribution is 2.27. The van der Waals surface area contributed by atoms with Crippen LogP contribution in [0.4, 0.5) is 18.9 Å². The lowest BCUT2D eigenvalue weighted by molar-refractivity contribution is -0.274. The van der Waals surface area contributed by atoms with Crippen LogP contribution in [0.5, 0.6) is 5.75 Å². The van der Waals surface area contributed by atoms with Crippen LogP contribution in [0.3, 0.4) is 0 Å². The number of amides is 2. The molecule has 7 nitrogen and oxygen atoms in total. The molecule has 2 unspecified atom stereocenters. The summed E-state index contributed by atoms with van der Waals surface area (Å²) in [6, 6.07) is 4.49. The molecule has 0 spiro atoms. The van der Waals surface area contributed by atoms with Crippen molar-refractivity contribution in [2.45, 2.75) is 70.3 Å². The zero-order valence-corrected chi connectivity index (χ0v) is 19.2. The van der Waals surface area contributed by atoms with Crippen LogP contribution in [-0.4, -0.2) is 50.5 Å². The summed E-state index contributed by atoms with van der Waals surface area (Å²) >= 11 is 0. The number of benzene rings is 1. The predicted molar refractivity (Wildman–Crippen MR) is 119 cm³/mol. The smallest absolute Gasteiger partial charge is 0.406 e. The summed E-state index contributed by atoms with van der Waals surface area (Å²) in [5.41, 5.74) is 0.595. The molecule has 0 radical (unpaired) electrons. The molecule has 0 heterocycles. The van der Waals surface area contributed by atoms with Crippen LogP contribution >= 0.6 is 0 Å². The average Bonchev–Trinajstić information content (AvgIpc) is 2.76. The second kappa shape index (κ2) is 13.3. The highest BCUT2D eigenvalue weighted by molar-refractivity contribution is 5.87. The van der Waals surface area contributed by atoms with E-state index in [4.69, 9.17) is 4.74 Å². The highest BCUT2D eigenvalue weighted by atomic mass is 19.4. The molecule has 2 amide bonds. The first-order valence-electron chi connectivity index (χ1n) is 11.3. The van der Waals surface area contributed by atoms with Crippen molar-refractivity contribution in [1.29, 1.82) is 0 Å².